The summed E-state index contributed by atoms with van der Waals surface area (Å²) in [7, 11) is 5.78. The molecule has 0 saturated heterocycles. The number of halogens is 1. The molecule has 2 amide bonds. The molecular weight excluding hydrogens is 400 g/mol. The highest BCUT2D eigenvalue weighted by atomic mass is 35.5. The molecule has 162 valence electrons. The summed E-state index contributed by atoms with van der Waals surface area (Å²) in [6, 6.07) is 8.04. The van der Waals surface area contributed by atoms with Gasteiger partial charge in [-0.2, -0.15) is 4.98 Å². The van der Waals surface area contributed by atoms with Crippen LogP contribution < -0.4 is 15.5 Å². The molecule has 0 atom stereocenters. The number of urea groups is 1. The number of aryl methyl sites for hydroxylation is 1. The maximum atomic E-state index is 12.5. The van der Waals surface area contributed by atoms with E-state index in [1.807, 2.05) is 63.4 Å². The lowest BCUT2D eigenvalue weighted by molar-refractivity contribution is 0.198. The highest BCUT2D eigenvalue weighted by Crippen LogP contribution is 2.23. The third-order valence-corrected chi connectivity index (χ3v) is 5.69. The number of amides is 2. The van der Waals surface area contributed by atoms with Crippen molar-refractivity contribution < 1.29 is 4.79 Å². The average Bonchev–Trinajstić information content (AvgIpc) is 2.72. The Morgan fingerprint density at radius 2 is 1.73 bits per heavy atom. The van der Waals surface area contributed by atoms with Crippen molar-refractivity contribution >= 4 is 29.4 Å². The minimum Gasteiger partial charge on any atom is -0.362 e. The Morgan fingerprint density at radius 3 is 2.37 bits per heavy atom. The maximum absolute atomic E-state index is 12.5. The van der Waals surface area contributed by atoms with Crippen molar-refractivity contribution in [2.45, 2.75) is 51.2 Å². The number of anilines is 2. The number of hydrogen-bond acceptors (Lipinski definition) is 5. The Hall–Kier alpha value is -2.54. The van der Waals surface area contributed by atoms with Crippen molar-refractivity contribution in [1.82, 2.24) is 20.2 Å². The van der Waals surface area contributed by atoms with Gasteiger partial charge in [-0.15, -0.1) is 0 Å². The van der Waals surface area contributed by atoms with E-state index in [2.05, 4.69) is 20.6 Å². The summed E-state index contributed by atoms with van der Waals surface area (Å²) >= 11 is 5.92. The molecule has 1 saturated carbocycles. The lowest BCUT2D eigenvalue weighted by Gasteiger charge is -2.31. The molecule has 1 heterocycles. The molecule has 0 unspecified atom stereocenters. The monoisotopic (exact) mass is 430 g/mol. The zero-order chi connectivity index (χ0) is 21.7. The summed E-state index contributed by atoms with van der Waals surface area (Å²) in [5, 5.41) is 7.32. The lowest BCUT2D eigenvalue weighted by Crippen LogP contribution is -2.45. The van der Waals surface area contributed by atoms with Crippen LogP contribution in [0.4, 0.5) is 16.6 Å². The van der Waals surface area contributed by atoms with Gasteiger partial charge in [-0.3, -0.25) is 0 Å². The number of hydrogen-bond donors (Lipinski definition) is 2. The molecule has 0 bridgehead atoms. The van der Waals surface area contributed by atoms with Crippen molar-refractivity contribution in [3.63, 3.8) is 0 Å². The van der Waals surface area contributed by atoms with Crippen LogP contribution in [-0.4, -0.2) is 54.1 Å². The van der Waals surface area contributed by atoms with E-state index in [0.717, 1.165) is 42.6 Å². The standard InChI is InChI=1S/C22H31ClN6O/c1-15-13-24-21(27-20(15)28(2)3)25-18-9-11-19(12-10-18)26-22(30)29(4)14-16-5-7-17(23)8-6-16/h5-8,13,18-19H,9-12,14H2,1-4H3,(H,26,30)(H,24,25,27). The number of carbonyl (C=O) groups is 1. The van der Waals surface area contributed by atoms with Crippen LogP contribution in [0.1, 0.15) is 36.8 Å². The molecule has 1 aliphatic rings. The van der Waals surface area contributed by atoms with Crippen molar-refractivity contribution in [3.05, 3.63) is 46.6 Å². The fourth-order valence-electron chi connectivity index (χ4n) is 3.74. The summed E-state index contributed by atoms with van der Waals surface area (Å²) < 4.78 is 0. The minimum absolute atomic E-state index is 0.0427. The van der Waals surface area contributed by atoms with Crippen molar-refractivity contribution in [2.75, 3.05) is 31.4 Å². The van der Waals surface area contributed by atoms with Gasteiger partial charge in [0.05, 0.1) is 0 Å². The summed E-state index contributed by atoms with van der Waals surface area (Å²) in [4.78, 5) is 25.3. The maximum Gasteiger partial charge on any atom is 0.317 e. The Morgan fingerprint density at radius 1 is 1.10 bits per heavy atom. The number of nitrogens with zero attached hydrogens (tertiary/aromatic N) is 4. The molecule has 0 spiro atoms. The Bertz CT molecular complexity index is 849. The lowest BCUT2D eigenvalue weighted by atomic mass is 9.91. The molecule has 8 heteroatoms. The second kappa shape index (κ2) is 9.98. The van der Waals surface area contributed by atoms with Crippen LogP contribution in [0.15, 0.2) is 30.5 Å². The second-order valence-electron chi connectivity index (χ2n) is 8.22. The van der Waals surface area contributed by atoms with Crippen molar-refractivity contribution in [2.24, 2.45) is 0 Å². The Labute approximate surface area is 183 Å². The molecule has 2 aromatic rings. The molecule has 1 aromatic carbocycles. The first-order valence-electron chi connectivity index (χ1n) is 10.4. The first-order chi connectivity index (χ1) is 14.3. The van der Waals surface area contributed by atoms with E-state index in [0.29, 0.717) is 23.6 Å². The number of aromatic nitrogens is 2. The predicted molar refractivity (Wildman–Crippen MR) is 122 cm³/mol. The molecule has 2 N–H and O–H groups in total. The fourth-order valence-corrected chi connectivity index (χ4v) is 3.87. The summed E-state index contributed by atoms with van der Waals surface area (Å²) in [5.41, 5.74) is 2.11. The molecule has 0 aliphatic heterocycles. The molecule has 1 aromatic heterocycles. The molecule has 3 rings (SSSR count). The number of carbonyl (C=O) groups excluding carboxylic acids is 1. The van der Waals surface area contributed by atoms with Crippen LogP contribution >= 0.6 is 11.6 Å². The van der Waals surface area contributed by atoms with Gasteiger partial charge < -0.3 is 20.4 Å². The van der Waals surface area contributed by atoms with Gasteiger partial charge >= 0.3 is 6.03 Å². The fraction of sp³-hybridized carbons (Fsp3) is 0.500. The van der Waals surface area contributed by atoms with E-state index in [1.165, 1.54) is 0 Å². The third-order valence-electron chi connectivity index (χ3n) is 5.44. The van der Waals surface area contributed by atoms with Gasteiger partial charge in [0.25, 0.3) is 0 Å². The van der Waals surface area contributed by atoms with Gasteiger partial charge in [-0.25, -0.2) is 9.78 Å². The van der Waals surface area contributed by atoms with Gasteiger partial charge in [-0.05, 0) is 50.3 Å². The Kier molecular flexibility index (Phi) is 7.37. The molecule has 1 aliphatic carbocycles. The van der Waals surface area contributed by atoms with E-state index < -0.39 is 0 Å². The van der Waals surface area contributed by atoms with Crippen LogP contribution in [0.2, 0.25) is 5.02 Å². The number of nitrogens with one attached hydrogen (secondary N) is 2. The number of benzene rings is 1. The smallest absolute Gasteiger partial charge is 0.317 e. The Balaban J connectivity index is 1.45. The van der Waals surface area contributed by atoms with Crippen LogP contribution in [0.25, 0.3) is 0 Å². The summed E-state index contributed by atoms with van der Waals surface area (Å²) in [6.45, 7) is 2.57. The first-order valence-corrected chi connectivity index (χ1v) is 10.7. The molecule has 30 heavy (non-hydrogen) atoms. The zero-order valence-corrected chi connectivity index (χ0v) is 18.9. The highest BCUT2D eigenvalue weighted by Gasteiger charge is 2.24. The van der Waals surface area contributed by atoms with Gasteiger partial charge in [0.1, 0.15) is 5.82 Å². The quantitative estimate of drug-likeness (QED) is 0.722. The van der Waals surface area contributed by atoms with Crippen molar-refractivity contribution in [3.8, 4) is 0 Å². The SMILES string of the molecule is Cc1cnc(NC2CCC(NC(=O)N(C)Cc3ccc(Cl)cc3)CC2)nc1N(C)C. The van der Waals surface area contributed by atoms with Gasteiger partial charge in [0.15, 0.2) is 0 Å². The molecule has 1 fully saturated rings. The predicted octanol–water partition coefficient (Wildman–Crippen LogP) is 4.07. The summed E-state index contributed by atoms with van der Waals surface area (Å²) in [6.07, 6.45) is 5.67. The average molecular weight is 431 g/mol. The van der Waals surface area contributed by atoms with Crippen LogP contribution in [0.5, 0.6) is 0 Å². The van der Waals surface area contributed by atoms with Crippen LogP contribution in [0, 0.1) is 6.92 Å². The molecule has 7 nitrogen and oxygen atoms in total. The van der Waals surface area contributed by atoms with E-state index in [-0.39, 0.29) is 12.1 Å². The normalized spacial score (nSPS) is 18.6. The van der Waals surface area contributed by atoms with E-state index >= 15 is 0 Å². The van der Waals surface area contributed by atoms with Crippen LogP contribution in [-0.2, 0) is 6.54 Å². The highest BCUT2D eigenvalue weighted by molar-refractivity contribution is 6.30. The molecular formula is C22H31ClN6O. The third kappa shape index (κ3) is 5.98. The molecule has 0 radical (unpaired) electrons. The van der Waals surface area contributed by atoms with E-state index in [9.17, 15) is 4.79 Å². The van der Waals surface area contributed by atoms with Gasteiger partial charge in [0, 0.05) is 56.6 Å². The van der Waals surface area contributed by atoms with Gasteiger partial charge in [0.2, 0.25) is 5.95 Å². The minimum atomic E-state index is -0.0427. The number of rotatable bonds is 6. The van der Waals surface area contributed by atoms with E-state index in [4.69, 9.17) is 11.6 Å². The van der Waals surface area contributed by atoms with Gasteiger partial charge in [-0.1, -0.05) is 23.7 Å². The first kappa shape index (κ1) is 22.2. The largest absolute Gasteiger partial charge is 0.362 e. The van der Waals surface area contributed by atoms with Crippen LogP contribution in [0.3, 0.4) is 0 Å². The topological polar surface area (TPSA) is 73.4 Å². The van der Waals surface area contributed by atoms with E-state index in [1.54, 1.807) is 4.90 Å². The van der Waals surface area contributed by atoms with Crippen molar-refractivity contribution in [1.29, 1.82) is 0 Å². The second-order valence-corrected chi connectivity index (χ2v) is 8.66. The zero-order valence-electron chi connectivity index (χ0n) is 18.2. The summed E-state index contributed by atoms with van der Waals surface area (Å²) in [5.74, 6) is 1.59.